The van der Waals surface area contributed by atoms with Crippen LogP contribution in [0.15, 0.2) is 30.3 Å². The highest BCUT2D eigenvalue weighted by Gasteiger charge is 2.14. The number of aryl methyl sites for hydroxylation is 2. The van der Waals surface area contributed by atoms with E-state index < -0.39 is 0 Å². The Labute approximate surface area is 128 Å². The van der Waals surface area contributed by atoms with Gasteiger partial charge in [-0.05, 0) is 56.8 Å². The van der Waals surface area contributed by atoms with Gasteiger partial charge < -0.3 is 9.55 Å². The number of hydrogen-bond donors (Lipinski definition) is 1. The monoisotopic (exact) mass is 302 g/mol. The van der Waals surface area contributed by atoms with Crippen LogP contribution in [-0.4, -0.2) is 9.55 Å². The number of benzene rings is 1. The third-order valence-corrected chi connectivity index (χ3v) is 4.99. The SMILES string of the molecule is Cc1ccc(CC(C)n2c(=S)[nH]c3cccc(C)c32)s1. The van der Waals surface area contributed by atoms with Crippen LogP contribution >= 0.6 is 23.6 Å². The number of thiophene rings is 1. The maximum Gasteiger partial charge on any atom is 0.178 e. The standard InChI is InChI=1S/C16H18N2S2/c1-10-5-4-6-14-15(10)18(16(19)17-14)11(2)9-13-8-7-12(3)20-13/h4-8,11H,9H2,1-3H3,(H,17,19). The van der Waals surface area contributed by atoms with Gasteiger partial charge in [0.25, 0.3) is 0 Å². The molecule has 0 saturated carbocycles. The van der Waals surface area contributed by atoms with Crippen LogP contribution in [0.3, 0.4) is 0 Å². The van der Waals surface area contributed by atoms with Crippen molar-refractivity contribution in [1.82, 2.24) is 9.55 Å². The van der Waals surface area contributed by atoms with Crippen molar-refractivity contribution in [3.05, 3.63) is 50.4 Å². The van der Waals surface area contributed by atoms with Gasteiger partial charge in [-0.25, -0.2) is 0 Å². The normalized spacial score (nSPS) is 12.9. The second-order valence-corrected chi connectivity index (χ2v) is 7.10. The van der Waals surface area contributed by atoms with Crippen molar-refractivity contribution >= 4 is 34.6 Å². The van der Waals surface area contributed by atoms with E-state index in [0.717, 1.165) is 16.7 Å². The van der Waals surface area contributed by atoms with Gasteiger partial charge in [0, 0.05) is 22.2 Å². The number of fused-ring (bicyclic) bond motifs is 1. The third-order valence-electron chi connectivity index (χ3n) is 3.67. The van der Waals surface area contributed by atoms with Gasteiger partial charge in [-0.1, -0.05) is 12.1 Å². The molecule has 104 valence electrons. The molecule has 2 heterocycles. The maximum atomic E-state index is 5.52. The molecule has 1 unspecified atom stereocenters. The van der Waals surface area contributed by atoms with Crippen molar-refractivity contribution in [2.75, 3.05) is 0 Å². The molecule has 1 N–H and O–H groups in total. The van der Waals surface area contributed by atoms with Gasteiger partial charge >= 0.3 is 0 Å². The largest absolute Gasteiger partial charge is 0.331 e. The molecule has 0 radical (unpaired) electrons. The maximum absolute atomic E-state index is 5.52. The zero-order valence-electron chi connectivity index (χ0n) is 11.9. The zero-order chi connectivity index (χ0) is 14.3. The number of hydrogen-bond acceptors (Lipinski definition) is 2. The number of nitrogens with one attached hydrogen (secondary N) is 1. The van der Waals surface area contributed by atoms with Gasteiger partial charge in [0.2, 0.25) is 0 Å². The predicted molar refractivity (Wildman–Crippen MR) is 89.3 cm³/mol. The van der Waals surface area contributed by atoms with E-state index in [4.69, 9.17) is 12.2 Å². The first kappa shape index (κ1) is 13.6. The summed E-state index contributed by atoms with van der Waals surface area (Å²) in [6.07, 6.45) is 1.02. The van der Waals surface area contributed by atoms with E-state index in [1.54, 1.807) is 0 Å². The Balaban J connectivity index is 2.05. The molecule has 0 aliphatic rings. The van der Waals surface area contributed by atoms with Crippen molar-refractivity contribution < 1.29 is 0 Å². The Bertz CT molecular complexity index is 807. The topological polar surface area (TPSA) is 20.7 Å². The Kier molecular flexibility index (Phi) is 3.52. The predicted octanol–water partition coefficient (Wildman–Crippen LogP) is 5.18. The molecule has 1 atom stereocenters. The average Bonchev–Trinajstić information content (AvgIpc) is 2.93. The fourth-order valence-corrected chi connectivity index (χ4v) is 4.15. The molecule has 2 aromatic heterocycles. The lowest BCUT2D eigenvalue weighted by Crippen LogP contribution is -2.08. The number of aromatic amines is 1. The van der Waals surface area contributed by atoms with Crippen LogP contribution in [0, 0.1) is 18.6 Å². The summed E-state index contributed by atoms with van der Waals surface area (Å²) in [7, 11) is 0. The van der Waals surface area contributed by atoms with Crippen LogP contribution in [0.25, 0.3) is 11.0 Å². The number of aromatic nitrogens is 2. The van der Waals surface area contributed by atoms with Gasteiger partial charge in [0.15, 0.2) is 4.77 Å². The molecule has 1 aromatic carbocycles. The van der Waals surface area contributed by atoms with Crippen LogP contribution in [0.1, 0.15) is 28.3 Å². The van der Waals surface area contributed by atoms with Gasteiger partial charge in [-0.3, -0.25) is 0 Å². The number of nitrogens with zero attached hydrogens (tertiary/aromatic N) is 1. The van der Waals surface area contributed by atoms with E-state index in [2.05, 4.69) is 60.7 Å². The fraction of sp³-hybridized carbons (Fsp3) is 0.312. The Morgan fingerprint density at radius 3 is 2.75 bits per heavy atom. The summed E-state index contributed by atoms with van der Waals surface area (Å²) < 4.78 is 3.07. The number of imidazole rings is 1. The van der Waals surface area contributed by atoms with Crippen molar-refractivity contribution in [3.63, 3.8) is 0 Å². The molecule has 0 spiro atoms. The van der Waals surface area contributed by atoms with Crippen molar-refractivity contribution in [2.24, 2.45) is 0 Å². The van der Waals surface area contributed by atoms with Crippen LogP contribution in [0.5, 0.6) is 0 Å². The summed E-state index contributed by atoms with van der Waals surface area (Å²) in [4.78, 5) is 6.10. The van der Waals surface area contributed by atoms with Crippen LogP contribution < -0.4 is 0 Å². The minimum atomic E-state index is 0.357. The van der Waals surface area contributed by atoms with Crippen molar-refractivity contribution in [2.45, 2.75) is 33.2 Å². The molecule has 0 saturated heterocycles. The van der Waals surface area contributed by atoms with E-state index in [1.165, 1.54) is 20.8 Å². The van der Waals surface area contributed by atoms with E-state index in [-0.39, 0.29) is 0 Å². The molecule has 2 nitrogen and oxygen atoms in total. The van der Waals surface area contributed by atoms with Crippen molar-refractivity contribution in [1.29, 1.82) is 0 Å². The minimum absolute atomic E-state index is 0.357. The third kappa shape index (κ3) is 2.34. The van der Waals surface area contributed by atoms with Crippen LogP contribution in [0.4, 0.5) is 0 Å². The smallest absolute Gasteiger partial charge is 0.178 e. The van der Waals surface area contributed by atoms with Crippen LogP contribution in [0.2, 0.25) is 0 Å². The zero-order valence-corrected chi connectivity index (χ0v) is 13.6. The fourth-order valence-electron chi connectivity index (χ4n) is 2.75. The summed E-state index contributed by atoms with van der Waals surface area (Å²) in [6.45, 7) is 6.54. The second kappa shape index (κ2) is 5.19. The quantitative estimate of drug-likeness (QED) is 0.661. The summed E-state index contributed by atoms with van der Waals surface area (Å²) >= 11 is 7.39. The van der Waals surface area contributed by atoms with Crippen LogP contribution in [-0.2, 0) is 6.42 Å². The van der Waals surface area contributed by atoms with Gasteiger partial charge in [-0.2, -0.15) is 0 Å². The molecule has 3 aromatic rings. The number of H-pyrrole nitrogens is 1. The molecule has 3 rings (SSSR count). The molecule has 4 heteroatoms. The lowest BCUT2D eigenvalue weighted by Gasteiger charge is -2.14. The first-order chi connectivity index (χ1) is 9.56. The molecule has 0 bridgehead atoms. The van der Waals surface area contributed by atoms with Gasteiger partial charge in [0.05, 0.1) is 11.0 Å². The van der Waals surface area contributed by atoms with Gasteiger partial charge in [0.1, 0.15) is 0 Å². The number of rotatable bonds is 3. The Morgan fingerprint density at radius 1 is 1.25 bits per heavy atom. The first-order valence-electron chi connectivity index (χ1n) is 6.81. The van der Waals surface area contributed by atoms with E-state index in [0.29, 0.717) is 6.04 Å². The summed E-state index contributed by atoms with van der Waals surface area (Å²) in [5, 5.41) is 0. The molecule has 0 aliphatic heterocycles. The highest BCUT2D eigenvalue weighted by atomic mass is 32.1. The molecule has 0 aliphatic carbocycles. The highest BCUT2D eigenvalue weighted by Crippen LogP contribution is 2.26. The first-order valence-corrected chi connectivity index (χ1v) is 8.04. The molecular weight excluding hydrogens is 284 g/mol. The summed E-state index contributed by atoms with van der Waals surface area (Å²) in [5.41, 5.74) is 3.63. The summed E-state index contributed by atoms with van der Waals surface area (Å²) in [5.74, 6) is 0. The molecule has 0 amide bonds. The highest BCUT2D eigenvalue weighted by molar-refractivity contribution is 7.71. The van der Waals surface area contributed by atoms with Crippen molar-refractivity contribution in [3.8, 4) is 0 Å². The van der Waals surface area contributed by atoms with E-state index >= 15 is 0 Å². The lowest BCUT2D eigenvalue weighted by atomic mass is 10.1. The average molecular weight is 302 g/mol. The van der Waals surface area contributed by atoms with E-state index in [1.807, 2.05) is 11.3 Å². The Morgan fingerprint density at radius 2 is 2.05 bits per heavy atom. The molecular formula is C16H18N2S2. The summed E-state index contributed by atoms with van der Waals surface area (Å²) in [6, 6.07) is 11.1. The number of para-hydroxylation sites is 1. The molecule has 20 heavy (non-hydrogen) atoms. The molecule has 0 fully saturated rings. The lowest BCUT2D eigenvalue weighted by molar-refractivity contribution is 0.556. The van der Waals surface area contributed by atoms with Gasteiger partial charge in [-0.15, -0.1) is 11.3 Å². The second-order valence-electron chi connectivity index (χ2n) is 5.34. The minimum Gasteiger partial charge on any atom is -0.331 e. The van der Waals surface area contributed by atoms with E-state index in [9.17, 15) is 0 Å². The Hall–Kier alpha value is -1.39.